The molecule has 3 nitrogen and oxygen atoms in total. The number of carbonyl (C=O) groups excluding carboxylic acids is 1. The zero-order chi connectivity index (χ0) is 14.5. The Balaban J connectivity index is 1.94. The normalized spacial score (nSPS) is 10.3. The van der Waals surface area contributed by atoms with Crippen LogP contribution in [0.2, 0.25) is 0 Å². The molecule has 0 aromatic heterocycles. The summed E-state index contributed by atoms with van der Waals surface area (Å²) in [5.41, 5.74) is 10.6. The molecule has 0 unspecified atom stereocenters. The first-order valence-corrected chi connectivity index (χ1v) is 6.76. The second-order valence-corrected chi connectivity index (χ2v) is 5.11. The summed E-state index contributed by atoms with van der Waals surface area (Å²) in [6, 6.07) is 13.8. The van der Waals surface area contributed by atoms with Gasteiger partial charge in [0.25, 0.3) is 0 Å². The van der Waals surface area contributed by atoms with Gasteiger partial charge in [-0.05, 0) is 43.5 Å². The minimum Gasteiger partial charge on any atom is -0.399 e. The molecule has 2 aromatic rings. The van der Waals surface area contributed by atoms with E-state index in [1.807, 2.05) is 31.2 Å². The van der Waals surface area contributed by atoms with E-state index in [1.165, 1.54) is 11.1 Å². The second kappa shape index (κ2) is 6.24. The molecule has 0 aliphatic carbocycles. The number of anilines is 2. The van der Waals surface area contributed by atoms with Crippen LogP contribution in [0.5, 0.6) is 0 Å². The lowest BCUT2D eigenvalue weighted by atomic mass is 10.1. The lowest BCUT2D eigenvalue weighted by molar-refractivity contribution is -0.116. The summed E-state index contributed by atoms with van der Waals surface area (Å²) >= 11 is 0. The summed E-state index contributed by atoms with van der Waals surface area (Å²) in [5.74, 6) is 0.0141. The Labute approximate surface area is 119 Å². The Kier molecular flexibility index (Phi) is 4.41. The van der Waals surface area contributed by atoms with E-state index in [9.17, 15) is 4.79 Å². The van der Waals surface area contributed by atoms with E-state index < -0.39 is 0 Å². The van der Waals surface area contributed by atoms with Gasteiger partial charge >= 0.3 is 0 Å². The van der Waals surface area contributed by atoms with Crippen molar-refractivity contribution < 1.29 is 4.79 Å². The van der Waals surface area contributed by atoms with E-state index in [1.54, 1.807) is 6.07 Å². The van der Waals surface area contributed by atoms with Crippen LogP contribution in [-0.4, -0.2) is 5.91 Å². The predicted molar refractivity (Wildman–Crippen MR) is 83.7 cm³/mol. The van der Waals surface area contributed by atoms with Crippen LogP contribution in [0.15, 0.2) is 42.5 Å². The number of carbonyl (C=O) groups is 1. The van der Waals surface area contributed by atoms with Crippen LogP contribution in [0.25, 0.3) is 0 Å². The van der Waals surface area contributed by atoms with Crippen LogP contribution in [0, 0.1) is 13.8 Å². The second-order valence-electron chi connectivity index (χ2n) is 5.11. The molecule has 0 radical (unpaired) electrons. The summed E-state index contributed by atoms with van der Waals surface area (Å²) in [5, 5.41) is 2.92. The maximum absolute atomic E-state index is 12.0. The average Bonchev–Trinajstić information content (AvgIpc) is 2.41. The third kappa shape index (κ3) is 3.85. The van der Waals surface area contributed by atoms with Gasteiger partial charge in [-0.25, -0.2) is 0 Å². The topological polar surface area (TPSA) is 55.1 Å². The van der Waals surface area contributed by atoms with Crippen molar-refractivity contribution in [3.05, 3.63) is 59.2 Å². The zero-order valence-electron chi connectivity index (χ0n) is 11.9. The van der Waals surface area contributed by atoms with Gasteiger partial charge in [0.05, 0.1) is 0 Å². The number of hydrogen-bond donors (Lipinski definition) is 2. The molecular formula is C17H20N2O. The minimum atomic E-state index is 0.0141. The Morgan fingerprint density at radius 1 is 1.15 bits per heavy atom. The van der Waals surface area contributed by atoms with Crippen LogP contribution >= 0.6 is 0 Å². The molecular weight excluding hydrogens is 248 g/mol. The van der Waals surface area contributed by atoms with E-state index >= 15 is 0 Å². The third-order valence-electron chi connectivity index (χ3n) is 3.26. The first-order chi connectivity index (χ1) is 9.54. The fourth-order valence-corrected chi connectivity index (χ4v) is 2.11. The van der Waals surface area contributed by atoms with Crippen LogP contribution < -0.4 is 11.1 Å². The lowest BCUT2D eigenvalue weighted by Gasteiger charge is -2.09. The number of hydrogen-bond acceptors (Lipinski definition) is 2. The standard InChI is InChI=1S/C17H20N2O/c1-12-4-3-5-14(10-12)7-9-17(20)19-16-11-15(18)8-6-13(16)2/h3-6,8,10-11H,7,9,18H2,1-2H3,(H,19,20). The maximum atomic E-state index is 12.0. The Morgan fingerprint density at radius 3 is 2.70 bits per heavy atom. The highest BCUT2D eigenvalue weighted by Gasteiger charge is 2.06. The summed E-state index contributed by atoms with van der Waals surface area (Å²) in [4.78, 5) is 12.0. The van der Waals surface area contributed by atoms with Gasteiger partial charge in [0.1, 0.15) is 0 Å². The first-order valence-electron chi connectivity index (χ1n) is 6.76. The summed E-state index contributed by atoms with van der Waals surface area (Å²) in [7, 11) is 0. The monoisotopic (exact) mass is 268 g/mol. The van der Waals surface area contributed by atoms with Gasteiger partial charge in [0, 0.05) is 17.8 Å². The van der Waals surface area contributed by atoms with Crippen LogP contribution in [0.3, 0.4) is 0 Å². The highest BCUT2D eigenvalue weighted by Crippen LogP contribution is 2.18. The van der Waals surface area contributed by atoms with E-state index in [-0.39, 0.29) is 5.91 Å². The van der Waals surface area contributed by atoms with Crippen molar-refractivity contribution >= 4 is 17.3 Å². The van der Waals surface area contributed by atoms with Crippen molar-refractivity contribution in [3.63, 3.8) is 0 Å². The molecule has 0 atom stereocenters. The molecule has 3 heteroatoms. The number of benzene rings is 2. The predicted octanol–water partition coefficient (Wildman–Crippen LogP) is 3.46. The molecule has 1 amide bonds. The summed E-state index contributed by atoms with van der Waals surface area (Å²) in [6.07, 6.45) is 1.21. The SMILES string of the molecule is Cc1cccc(CCC(=O)Nc2cc(N)ccc2C)c1. The summed E-state index contributed by atoms with van der Waals surface area (Å²) in [6.45, 7) is 4.01. The van der Waals surface area contributed by atoms with Crippen molar-refractivity contribution in [2.45, 2.75) is 26.7 Å². The molecule has 104 valence electrons. The highest BCUT2D eigenvalue weighted by molar-refractivity contribution is 5.92. The Morgan fingerprint density at radius 2 is 1.95 bits per heavy atom. The van der Waals surface area contributed by atoms with Crippen molar-refractivity contribution in [2.24, 2.45) is 0 Å². The number of aryl methyl sites for hydroxylation is 3. The molecule has 0 aliphatic rings. The van der Waals surface area contributed by atoms with Gasteiger partial charge in [0.15, 0.2) is 0 Å². The van der Waals surface area contributed by atoms with E-state index in [0.29, 0.717) is 12.1 Å². The van der Waals surface area contributed by atoms with Crippen molar-refractivity contribution in [1.82, 2.24) is 0 Å². The molecule has 2 rings (SSSR count). The number of amides is 1. The molecule has 2 aromatic carbocycles. The van der Waals surface area contributed by atoms with Gasteiger partial charge in [-0.15, -0.1) is 0 Å². The van der Waals surface area contributed by atoms with Gasteiger partial charge in [-0.3, -0.25) is 4.79 Å². The molecule has 0 saturated heterocycles. The number of nitrogens with one attached hydrogen (secondary N) is 1. The van der Waals surface area contributed by atoms with E-state index in [2.05, 4.69) is 24.4 Å². The van der Waals surface area contributed by atoms with Gasteiger partial charge < -0.3 is 11.1 Å². The van der Waals surface area contributed by atoms with E-state index in [4.69, 9.17) is 5.73 Å². The molecule has 0 heterocycles. The maximum Gasteiger partial charge on any atom is 0.224 e. The Bertz CT molecular complexity index is 620. The van der Waals surface area contributed by atoms with Gasteiger partial charge in [-0.1, -0.05) is 35.9 Å². The number of nitrogens with two attached hydrogens (primary N) is 1. The number of nitrogen functional groups attached to an aromatic ring is 1. The smallest absolute Gasteiger partial charge is 0.224 e. The molecule has 0 bridgehead atoms. The molecule has 0 aliphatic heterocycles. The average molecular weight is 268 g/mol. The van der Waals surface area contributed by atoms with Crippen LogP contribution in [-0.2, 0) is 11.2 Å². The highest BCUT2D eigenvalue weighted by atomic mass is 16.1. The van der Waals surface area contributed by atoms with Gasteiger partial charge in [-0.2, -0.15) is 0 Å². The van der Waals surface area contributed by atoms with Crippen molar-refractivity contribution in [3.8, 4) is 0 Å². The number of rotatable bonds is 4. The van der Waals surface area contributed by atoms with Gasteiger partial charge in [0.2, 0.25) is 5.91 Å². The molecule has 0 spiro atoms. The van der Waals surface area contributed by atoms with Crippen molar-refractivity contribution in [1.29, 1.82) is 0 Å². The first kappa shape index (κ1) is 14.1. The zero-order valence-corrected chi connectivity index (χ0v) is 11.9. The van der Waals surface area contributed by atoms with Crippen LogP contribution in [0.4, 0.5) is 11.4 Å². The third-order valence-corrected chi connectivity index (χ3v) is 3.26. The Hall–Kier alpha value is -2.29. The minimum absolute atomic E-state index is 0.0141. The fraction of sp³-hybridized carbons (Fsp3) is 0.235. The molecule has 0 saturated carbocycles. The molecule has 0 fully saturated rings. The summed E-state index contributed by atoms with van der Waals surface area (Å²) < 4.78 is 0. The molecule has 3 N–H and O–H groups in total. The largest absolute Gasteiger partial charge is 0.399 e. The lowest BCUT2D eigenvalue weighted by Crippen LogP contribution is -2.13. The van der Waals surface area contributed by atoms with Crippen molar-refractivity contribution in [2.75, 3.05) is 11.1 Å². The molecule has 20 heavy (non-hydrogen) atoms. The fourth-order valence-electron chi connectivity index (χ4n) is 2.11. The van der Waals surface area contributed by atoms with Crippen LogP contribution in [0.1, 0.15) is 23.1 Å². The quantitative estimate of drug-likeness (QED) is 0.834. The van der Waals surface area contributed by atoms with E-state index in [0.717, 1.165) is 17.7 Å².